The molecule has 86 heavy (non-hydrogen) atoms. The Kier molecular flexibility index (Phi) is 11.9. The summed E-state index contributed by atoms with van der Waals surface area (Å²) in [5.74, 6) is -38.7. The Morgan fingerprint density at radius 3 is 1.56 bits per heavy atom. The highest BCUT2D eigenvalue weighted by atomic mass is 16.6. The number of carbonyl (C=O) groups is 6. The summed E-state index contributed by atoms with van der Waals surface area (Å²) < 4.78 is 42.3. The molecule has 0 amide bonds. The molecule has 0 unspecified atom stereocenters. The molecule has 4 bridgehead atoms. The van der Waals surface area contributed by atoms with Crippen molar-refractivity contribution in [3.8, 4) is 115 Å². The number of phenols is 16. The average Bonchev–Trinajstić information content (AvgIpc) is 1.50. The second-order valence-corrected chi connectivity index (χ2v) is 20.3. The zero-order valence-electron chi connectivity index (χ0n) is 42.5. The van der Waals surface area contributed by atoms with E-state index in [1.165, 1.54) is 0 Å². The first kappa shape index (κ1) is 54.8. The molecule has 12 rings (SSSR count). The first-order valence-electron chi connectivity index (χ1n) is 24.8. The Bertz CT molecular complexity index is 4130. The maximum absolute atomic E-state index is 15.5. The molecular weight excluding hydrogens is 1160 g/mol. The third-order valence-electron chi connectivity index (χ3n) is 15.6. The Morgan fingerprint density at radius 1 is 0.512 bits per heavy atom. The molecule has 6 aromatic rings. The second kappa shape index (κ2) is 18.6. The lowest BCUT2D eigenvalue weighted by Gasteiger charge is -2.47. The molecule has 0 radical (unpaired) electrons. The lowest BCUT2D eigenvalue weighted by molar-refractivity contribution is -0.200. The predicted molar refractivity (Wildman–Crippen MR) is 269 cm³/mol. The maximum Gasteiger partial charge on any atom is 0.339 e. The van der Waals surface area contributed by atoms with Gasteiger partial charge in [0.05, 0.1) is 34.3 Å². The van der Waals surface area contributed by atoms with Crippen LogP contribution in [0, 0.1) is 5.92 Å². The fourth-order valence-electron chi connectivity index (χ4n) is 11.8. The van der Waals surface area contributed by atoms with Crippen LogP contribution in [0.4, 0.5) is 0 Å². The second-order valence-electron chi connectivity index (χ2n) is 20.3. The molecule has 6 aliphatic rings. The molecule has 0 saturated carbocycles. The Labute approximate surface area is 474 Å². The minimum atomic E-state index is -3.13. The number of fused-ring (bicyclic) bond motifs is 8. The molecule has 9 atom stereocenters. The summed E-state index contributed by atoms with van der Waals surface area (Å²) in [7, 11) is 0. The minimum absolute atomic E-state index is 0.286. The zero-order valence-corrected chi connectivity index (χ0v) is 42.5. The van der Waals surface area contributed by atoms with Crippen LogP contribution in [0.25, 0.3) is 16.7 Å². The molecular formula is C55H38O31. The van der Waals surface area contributed by atoms with Gasteiger partial charge in [0.15, 0.2) is 105 Å². The summed E-state index contributed by atoms with van der Waals surface area (Å²) in [5, 5.41) is 197. The van der Waals surface area contributed by atoms with Gasteiger partial charge in [0.1, 0.15) is 29.8 Å². The Hall–Kier alpha value is -11.8. The third-order valence-corrected chi connectivity index (χ3v) is 15.6. The first-order valence-corrected chi connectivity index (χ1v) is 24.8. The van der Waals surface area contributed by atoms with Crippen LogP contribution in [0.5, 0.6) is 103 Å². The quantitative estimate of drug-likeness (QED) is 0.0683. The molecule has 1 fully saturated rings. The fourth-order valence-corrected chi connectivity index (χ4v) is 11.8. The molecule has 1 saturated heterocycles. The van der Waals surface area contributed by atoms with Crippen LogP contribution in [0.3, 0.4) is 0 Å². The number of esters is 5. The van der Waals surface area contributed by atoms with Gasteiger partial charge in [0, 0.05) is 51.4 Å². The SMILES string of the molecule is O=C(O[C@H]1COC(=O)c2cc(O)c(O)c(O)c2-c2c(cc(O)c(O)c2O)C(=O)O[C@H]1[C@@H]1OC(=O)c2cc(O)c(O)c(O)c2C2=C(O)C(=O)[C@]34Oc5cc(O)c6c(c5[C@H]3[C@@H]1OC(=O)[C@H]24)O[C@H](c1cc(O)c(O)c(O)c1)[C@@H](O)C6)c1cc(O)c(O)c(O)c1. The van der Waals surface area contributed by atoms with E-state index in [1.807, 2.05) is 0 Å². The summed E-state index contributed by atoms with van der Waals surface area (Å²) in [5.41, 5.74) is -13.4. The molecule has 5 heterocycles. The van der Waals surface area contributed by atoms with Crippen molar-refractivity contribution in [2.24, 2.45) is 5.92 Å². The van der Waals surface area contributed by atoms with Crippen molar-refractivity contribution in [3.05, 3.63) is 98.8 Å². The molecule has 18 N–H and O–H groups in total. The van der Waals surface area contributed by atoms with Crippen LogP contribution in [0.15, 0.2) is 54.3 Å². The Balaban J connectivity index is 1.15. The van der Waals surface area contributed by atoms with Crippen LogP contribution in [-0.2, 0) is 39.7 Å². The van der Waals surface area contributed by atoms with E-state index in [0.717, 1.165) is 18.2 Å². The summed E-state index contributed by atoms with van der Waals surface area (Å²) in [6.45, 7) is -1.59. The Morgan fingerprint density at radius 2 is 1.00 bits per heavy atom. The summed E-state index contributed by atoms with van der Waals surface area (Å²) >= 11 is 0. The van der Waals surface area contributed by atoms with E-state index >= 15 is 19.2 Å². The number of benzene rings is 6. The van der Waals surface area contributed by atoms with Crippen molar-refractivity contribution in [3.63, 3.8) is 0 Å². The number of phenolic OH excluding ortho intramolecular Hbond substituents is 16. The van der Waals surface area contributed by atoms with E-state index in [2.05, 4.69) is 0 Å². The number of aliphatic hydroxyl groups excluding tert-OH is 2. The van der Waals surface area contributed by atoms with Crippen molar-refractivity contribution < 1.29 is 154 Å². The van der Waals surface area contributed by atoms with E-state index in [-0.39, 0.29) is 11.1 Å². The molecule has 1 aliphatic carbocycles. The number of Topliss-reactive ketones (excluding diaryl/α,β-unsaturated/α-hetero) is 1. The highest BCUT2D eigenvalue weighted by Gasteiger charge is 2.76. The maximum atomic E-state index is 15.5. The number of hydrogen-bond donors (Lipinski definition) is 18. The van der Waals surface area contributed by atoms with Crippen LogP contribution in [0.1, 0.15) is 75.7 Å². The lowest BCUT2D eigenvalue weighted by Crippen LogP contribution is -2.65. The number of rotatable bonds is 4. The van der Waals surface area contributed by atoms with Gasteiger partial charge in [-0.1, -0.05) is 0 Å². The number of carbonyl (C=O) groups excluding carboxylic acids is 6. The van der Waals surface area contributed by atoms with Gasteiger partial charge in [-0.25, -0.2) is 19.2 Å². The molecule has 6 aromatic carbocycles. The molecule has 5 aliphatic heterocycles. The molecule has 444 valence electrons. The van der Waals surface area contributed by atoms with E-state index in [4.69, 9.17) is 33.2 Å². The van der Waals surface area contributed by atoms with Crippen molar-refractivity contribution in [1.82, 2.24) is 0 Å². The van der Waals surface area contributed by atoms with Crippen molar-refractivity contribution in [2.75, 3.05) is 6.61 Å². The van der Waals surface area contributed by atoms with Gasteiger partial charge in [0.25, 0.3) is 0 Å². The first-order chi connectivity index (χ1) is 40.6. The van der Waals surface area contributed by atoms with E-state index in [1.54, 1.807) is 0 Å². The lowest BCUT2D eigenvalue weighted by atomic mass is 9.66. The van der Waals surface area contributed by atoms with Gasteiger partial charge in [-0.15, -0.1) is 0 Å². The number of ether oxygens (including phenoxy) is 7. The smallest absolute Gasteiger partial charge is 0.339 e. The largest absolute Gasteiger partial charge is 0.507 e. The number of ketones is 1. The van der Waals surface area contributed by atoms with Gasteiger partial charge in [0.2, 0.25) is 28.6 Å². The summed E-state index contributed by atoms with van der Waals surface area (Å²) in [6.07, 6.45) is -15.4. The van der Waals surface area contributed by atoms with Gasteiger partial charge in [-0.05, 0) is 42.5 Å². The number of cyclic esters (lactones) is 3. The molecule has 31 nitrogen and oxygen atoms in total. The van der Waals surface area contributed by atoms with Crippen molar-refractivity contribution in [1.29, 1.82) is 0 Å². The third kappa shape index (κ3) is 7.56. The minimum Gasteiger partial charge on any atom is -0.507 e. The van der Waals surface area contributed by atoms with Crippen LogP contribution < -0.4 is 9.47 Å². The zero-order chi connectivity index (χ0) is 61.9. The van der Waals surface area contributed by atoms with Gasteiger partial charge >= 0.3 is 29.8 Å². The van der Waals surface area contributed by atoms with Gasteiger partial charge in [-0.2, -0.15) is 0 Å². The number of aliphatic hydroxyl groups is 2. The van der Waals surface area contributed by atoms with Gasteiger partial charge in [-0.3, -0.25) is 9.59 Å². The number of hydrogen-bond acceptors (Lipinski definition) is 31. The average molecular weight is 1190 g/mol. The normalized spacial score (nSPS) is 24.4. The van der Waals surface area contributed by atoms with Gasteiger partial charge < -0.3 is 125 Å². The van der Waals surface area contributed by atoms with Crippen LogP contribution in [-0.4, -0.2) is 170 Å². The summed E-state index contributed by atoms with van der Waals surface area (Å²) in [6, 6.07) is 4.62. The van der Waals surface area contributed by atoms with Crippen molar-refractivity contribution >= 4 is 41.2 Å². The predicted octanol–water partition coefficient (Wildman–Crippen LogP) is 2.15. The van der Waals surface area contributed by atoms with E-state index in [9.17, 15) is 102 Å². The number of aromatic hydroxyl groups is 16. The standard InChI is InChI=1S/C55H38O31/c56-17-9-26-31(45-13(17)5-25(64)44(82-45)11-1-18(57)35(65)19(58)2-11)33-47-48(85-53(78)16-8-24(63)39(69)42(72)30(16)32-34(54(79)84-47)55(33,86-26)49(74)43(32)73)46-27(81-50(75)12-3-20(59)36(66)21(60)4-12)10-80-51(76)14-6-22(61)37(67)40(70)28(14)29-15(52(77)83-46)7-23(62)38(68)41(29)71/h1-4,6-9,25,27,33-34,44,46-48,56-73H,5,10H2/t25-,27-,33-,34-,44+,46+,47-,48-,55-/m0/s1. The highest BCUT2D eigenvalue weighted by molar-refractivity contribution is 6.21. The molecule has 31 heteroatoms. The molecule has 0 aromatic heterocycles. The summed E-state index contributed by atoms with van der Waals surface area (Å²) in [4.78, 5) is 90.2. The van der Waals surface area contributed by atoms with E-state index < -0.39 is 262 Å². The monoisotopic (exact) mass is 1190 g/mol. The van der Waals surface area contributed by atoms with Crippen molar-refractivity contribution in [2.45, 2.75) is 54.6 Å². The highest BCUT2D eigenvalue weighted by Crippen LogP contribution is 2.67. The van der Waals surface area contributed by atoms with E-state index in [0.29, 0.717) is 30.3 Å². The van der Waals surface area contributed by atoms with Crippen LogP contribution >= 0.6 is 0 Å². The topological polar surface area (TPSA) is 531 Å². The van der Waals surface area contributed by atoms with Crippen LogP contribution in [0.2, 0.25) is 0 Å². The molecule has 1 spiro atoms. The fraction of sp³-hybridized carbons (Fsp3) is 0.200.